The minimum Gasteiger partial charge on any atom is -0.497 e. The molecule has 7 heteroatoms. The average molecular weight is 451 g/mol. The van der Waals surface area contributed by atoms with E-state index in [4.69, 9.17) is 4.74 Å². The molecule has 2 aromatic rings. The molecule has 0 spiro atoms. The summed E-state index contributed by atoms with van der Waals surface area (Å²) in [6, 6.07) is 14.7. The molecule has 0 saturated carbocycles. The smallest absolute Gasteiger partial charge is 0.240 e. The molecule has 2 rings (SSSR count). The molecule has 2 N–H and O–H groups in total. The first kappa shape index (κ1) is 18.9. The van der Waals surface area contributed by atoms with Crippen molar-refractivity contribution in [3.05, 3.63) is 57.7 Å². The normalized spacial score (nSPS) is 10.5. The Morgan fingerprint density at radius 3 is 2.56 bits per heavy atom. The fraction of sp³-hybridized carbons (Fsp3) is 0.167. The van der Waals surface area contributed by atoms with E-state index in [1.165, 1.54) is 6.21 Å². The van der Waals surface area contributed by atoms with Crippen LogP contribution in [0.15, 0.2) is 53.6 Å². The van der Waals surface area contributed by atoms with Crippen molar-refractivity contribution in [3.8, 4) is 5.75 Å². The van der Waals surface area contributed by atoms with Crippen LogP contribution in [0.3, 0.4) is 0 Å². The molecule has 0 unspecified atom stereocenters. The zero-order valence-electron chi connectivity index (χ0n) is 13.7. The van der Waals surface area contributed by atoms with E-state index in [1.54, 1.807) is 13.2 Å². The zero-order valence-corrected chi connectivity index (χ0v) is 15.8. The number of ether oxygens (including phenoxy) is 1. The van der Waals surface area contributed by atoms with Crippen LogP contribution in [0.2, 0.25) is 0 Å². The number of anilines is 1. The Labute approximate surface area is 159 Å². The fourth-order valence-corrected chi connectivity index (χ4v) is 2.30. The maximum Gasteiger partial charge on any atom is 0.240 e. The summed E-state index contributed by atoms with van der Waals surface area (Å²) in [6.45, 7) is 0. The van der Waals surface area contributed by atoms with Crippen LogP contribution in [0.25, 0.3) is 0 Å². The summed E-state index contributed by atoms with van der Waals surface area (Å²) in [4.78, 5) is 23.5. The predicted octanol–water partition coefficient (Wildman–Crippen LogP) is 3.17. The molecule has 0 aromatic heterocycles. The number of methoxy groups -OCH3 is 1. The molecule has 130 valence electrons. The van der Waals surface area contributed by atoms with E-state index in [1.807, 2.05) is 42.5 Å². The van der Waals surface area contributed by atoms with Crippen molar-refractivity contribution in [3.63, 3.8) is 0 Å². The molecule has 0 atom stereocenters. The standard InChI is InChI=1S/C18H18IN3O3/c1-25-16-4-2-3-13(11-16)12-20-22-18(24)10-9-17(23)21-15-7-5-14(19)6-8-15/h2-8,11-12H,9-10H2,1H3,(H,21,23)(H,22,24)/b20-12-. The number of halogens is 1. The third kappa shape index (κ3) is 6.92. The number of benzene rings is 2. The first-order valence-electron chi connectivity index (χ1n) is 7.58. The van der Waals surface area contributed by atoms with Gasteiger partial charge in [0.05, 0.1) is 13.3 Å². The van der Waals surface area contributed by atoms with Gasteiger partial charge in [0, 0.05) is 22.1 Å². The van der Waals surface area contributed by atoms with Crippen LogP contribution in [-0.2, 0) is 9.59 Å². The number of hydrogen-bond donors (Lipinski definition) is 2. The van der Waals surface area contributed by atoms with Crippen LogP contribution >= 0.6 is 22.6 Å². The second-order valence-corrected chi connectivity index (χ2v) is 6.37. The Morgan fingerprint density at radius 2 is 1.84 bits per heavy atom. The SMILES string of the molecule is COc1cccc(/C=N\NC(=O)CCC(=O)Nc2ccc(I)cc2)c1. The van der Waals surface area contributed by atoms with Gasteiger partial charge in [0.2, 0.25) is 11.8 Å². The highest BCUT2D eigenvalue weighted by Crippen LogP contribution is 2.12. The lowest BCUT2D eigenvalue weighted by atomic mass is 10.2. The summed E-state index contributed by atoms with van der Waals surface area (Å²) in [7, 11) is 1.58. The van der Waals surface area contributed by atoms with Crippen LogP contribution in [0.5, 0.6) is 5.75 Å². The largest absolute Gasteiger partial charge is 0.497 e. The van der Waals surface area contributed by atoms with Gasteiger partial charge in [-0.2, -0.15) is 5.10 Å². The van der Waals surface area contributed by atoms with Gasteiger partial charge in [-0.15, -0.1) is 0 Å². The number of hydrogen-bond acceptors (Lipinski definition) is 4. The van der Waals surface area contributed by atoms with Crippen molar-refractivity contribution < 1.29 is 14.3 Å². The molecule has 25 heavy (non-hydrogen) atoms. The van der Waals surface area contributed by atoms with Gasteiger partial charge in [0.1, 0.15) is 5.75 Å². The molecule has 2 amide bonds. The lowest BCUT2D eigenvalue weighted by Gasteiger charge is -2.05. The summed E-state index contributed by atoms with van der Waals surface area (Å²) < 4.78 is 6.20. The second kappa shape index (κ2) is 9.77. The second-order valence-electron chi connectivity index (χ2n) is 5.12. The highest BCUT2D eigenvalue weighted by Gasteiger charge is 2.06. The number of carbonyl (C=O) groups is 2. The number of rotatable bonds is 7. The molecule has 0 aliphatic heterocycles. The first-order chi connectivity index (χ1) is 12.1. The molecule has 0 bridgehead atoms. The van der Waals surface area contributed by atoms with Gasteiger partial charge < -0.3 is 10.1 Å². The number of hydrazone groups is 1. The molecule has 0 saturated heterocycles. The number of nitrogens with zero attached hydrogens (tertiary/aromatic N) is 1. The van der Waals surface area contributed by atoms with Gasteiger partial charge in [-0.25, -0.2) is 5.43 Å². The molecule has 6 nitrogen and oxygen atoms in total. The Balaban J connectivity index is 1.73. The summed E-state index contributed by atoms with van der Waals surface area (Å²) in [6.07, 6.45) is 1.67. The maximum atomic E-state index is 11.8. The van der Waals surface area contributed by atoms with Gasteiger partial charge in [-0.05, 0) is 64.6 Å². The zero-order chi connectivity index (χ0) is 18.1. The number of carbonyl (C=O) groups excluding carboxylic acids is 2. The van der Waals surface area contributed by atoms with E-state index >= 15 is 0 Å². The number of nitrogens with one attached hydrogen (secondary N) is 2. The third-order valence-corrected chi connectivity index (χ3v) is 3.92. The van der Waals surface area contributed by atoms with Crippen LogP contribution in [0.1, 0.15) is 18.4 Å². The summed E-state index contributed by atoms with van der Waals surface area (Å²) in [5, 5.41) is 6.62. The van der Waals surface area contributed by atoms with Crippen LogP contribution in [-0.4, -0.2) is 25.1 Å². The molecule has 0 aliphatic rings. The van der Waals surface area contributed by atoms with E-state index in [0.717, 1.165) is 9.13 Å². The van der Waals surface area contributed by atoms with Crippen molar-refractivity contribution in [1.29, 1.82) is 0 Å². The van der Waals surface area contributed by atoms with Gasteiger partial charge in [-0.3, -0.25) is 9.59 Å². The minimum absolute atomic E-state index is 0.0612. The molecular weight excluding hydrogens is 433 g/mol. The Kier molecular flexibility index (Phi) is 7.39. The van der Waals surface area contributed by atoms with E-state index in [0.29, 0.717) is 11.4 Å². The van der Waals surface area contributed by atoms with Crippen molar-refractivity contribution >= 4 is 46.3 Å². The van der Waals surface area contributed by atoms with Crippen molar-refractivity contribution in [1.82, 2.24) is 5.43 Å². The molecular formula is C18H18IN3O3. The van der Waals surface area contributed by atoms with Crippen LogP contribution in [0, 0.1) is 3.57 Å². The minimum atomic E-state index is -0.322. The van der Waals surface area contributed by atoms with E-state index < -0.39 is 0 Å². The van der Waals surface area contributed by atoms with E-state index in [-0.39, 0.29) is 24.7 Å². The lowest BCUT2D eigenvalue weighted by molar-refractivity contribution is -0.124. The highest BCUT2D eigenvalue weighted by molar-refractivity contribution is 14.1. The summed E-state index contributed by atoms with van der Waals surface area (Å²) in [5.41, 5.74) is 3.92. The Hall–Kier alpha value is -2.42. The number of amides is 2. The quantitative estimate of drug-likeness (QED) is 0.386. The van der Waals surface area contributed by atoms with E-state index in [2.05, 4.69) is 38.4 Å². The van der Waals surface area contributed by atoms with E-state index in [9.17, 15) is 9.59 Å². The van der Waals surface area contributed by atoms with Gasteiger partial charge in [0.15, 0.2) is 0 Å². The van der Waals surface area contributed by atoms with Crippen molar-refractivity contribution in [2.75, 3.05) is 12.4 Å². The van der Waals surface area contributed by atoms with Crippen LogP contribution < -0.4 is 15.5 Å². The summed E-state index contributed by atoms with van der Waals surface area (Å²) >= 11 is 2.19. The lowest BCUT2D eigenvalue weighted by Crippen LogP contribution is -2.20. The van der Waals surface area contributed by atoms with Crippen molar-refractivity contribution in [2.45, 2.75) is 12.8 Å². The fourth-order valence-electron chi connectivity index (χ4n) is 1.94. The molecule has 0 radical (unpaired) electrons. The predicted molar refractivity (Wildman–Crippen MR) is 106 cm³/mol. The Bertz CT molecular complexity index is 760. The molecule has 0 heterocycles. The van der Waals surface area contributed by atoms with Crippen molar-refractivity contribution in [2.24, 2.45) is 5.10 Å². The molecule has 0 aliphatic carbocycles. The third-order valence-electron chi connectivity index (χ3n) is 3.20. The monoisotopic (exact) mass is 451 g/mol. The van der Waals surface area contributed by atoms with Gasteiger partial charge in [-0.1, -0.05) is 12.1 Å². The molecule has 0 fully saturated rings. The van der Waals surface area contributed by atoms with Crippen LogP contribution in [0.4, 0.5) is 5.69 Å². The van der Waals surface area contributed by atoms with Gasteiger partial charge >= 0.3 is 0 Å². The van der Waals surface area contributed by atoms with Gasteiger partial charge in [0.25, 0.3) is 0 Å². The average Bonchev–Trinajstić information content (AvgIpc) is 2.62. The first-order valence-corrected chi connectivity index (χ1v) is 8.66. The Morgan fingerprint density at radius 1 is 1.12 bits per heavy atom. The highest BCUT2D eigenvalue weighted by atomic mass is 127. The maximum absolute atomic E-state index is 11.8. The molecule has 2 aromatic carbocycles. The topological polar surface area (TPSA) is 79.8 Å². The summed E-state index contributed by atoms with van der Waals surface area (Å²) in [5.74, 6) is 0.174.